The summed E-state index contributed by atoms with van der Waals surface area (Å²) in [6, 6.07) is 0. The highest BCUT2D eigenvalue weighted by molar-refractivity contribution is 5.76. The van der Waals surface area contributed by atoms with Crippen LogP contribution >= 0.6 is 0 Å². The molecule has 1 heterocycles. The SMILES string of the molecule is CNC(=O)CCN(C)c1ncc(C=O)cn1. The lowest BCUT2D eigenvalue weighted by Gasteiger charge is -2.15. The van der Waals surface area contributed by atoms with Crippen molar-refractivity contribution in [3.05, 3.63) is 18.0 Å². The largest absolute Gasteiger partial charge is 0.359 e. The molecule has 0 saturated carbocycles. The summed E-state index contributed by atoms with van der Waals surface area (Å²) in [5.41, 5.74) is 0.434. The van der Waals surface area contributed by atoms with E-state index in [-0.39, 0.29) is 5.91 Å². The van der Waals surface area contributed by atoms with Gasteiger partial charge in [-0.3, -0.25) is 9.59 Å². The Morgan fingerprint density at radius 3 is 2.62 bits per heavy atom. The van der Waals surface area contributed by atoms with Gasteiger partial charge < -0.3 is 10.2 Å². The number of aldehydes is 1. The van der Waals surface area contributed by atoms with Gasteiger partial charge in [0.25, 0.3) is 0 Å². The Bertz CT molecular complexity index is 364. The quantitative estimate of drug-likeness (QED) is 0.702. The molecule has 1 aromatic rings. The molecule has 0 saturated heterocycles. The number of amides is 1. The molecule has 0 aliphatic heterocycles. The van der Waals surface area contributed by atoms with E-state index in [2.05, 4.69) is 15.3 Å². The van der Waals surface area contributed by atoms with Crippen molar-refractivity contribution >= 4 is 18.1 Å². The smallest absolute Gasteiger partial charge is 0.225 e. The van der Waals surface area contributed by atoms with Crippen LogP contribution in [0.2, 0.25) is 0 Å². The van der Waals surface area contributed by atoms with Crippen LogP contribution in [0.5, 0.6) is 0 Å². The second-order valence-electron chi connectivity index (χ2n) is 3.28. The summed E-state index contributed by atoms with van der Waals surface area (Å²) in [6.45, 7) is 0.528. The van der Waals surface area contributed by atoms with Crippen LogP contribution in [0.3, 0.4) is 0 Å². The van der Waals surface area contributed by atoms with Crippen molar-refractivity contribution < 1.29 is 9.59 Å². The van der Waals surface area contributed by atoms with Gasteiger partial charge >= 0.3 is 0 Å². The van der Waals surface area contributed by atoms with E-state index < -0.39 is 0 Å². The average Bonchev–Trinajstić information content (AvgIpc) is 2.35. The minimum absolute atomic E-state index is 0.0311. The Labute approximate surface area is 93.7 Å². The first-order valence-corrected chi connectivity index (χ1v) is 4.86. The van der Waals surface area contributed by atoms with Crippen LogP contribution in [-0.2, 0) is 4.79 Å². The van der Waals surface area contributed by atoms with Crippen molar-refractivity contribution in [2.45, 2.75) is 6.42 Å². The highest BCUT2D eigenvalue weighted by atomic mass is 16.1. The highest BCUT2D eigenvalue weighted by Crippen LogP contribution is 2.04. The van der Waals surface area contributed by atoms with E-state index in [4.69, 9.17) is 0 Å². The number of carbonyl (C=O) groups excluding carboxylic acids is 2. The van der Waals surface area contributed by atoms with Crippen molar-refractivity contribution in [1.29, 1.82) is 0 Å². The molecule has 1 aromatic heterocycles. The Morgan fingerprint density at radius 1 is 1.50 bits per heavy atom. The second-order valence-corrected chi connectivity index (χ2v) is 3.28. The number of aromatic nitrogens is 2. The zero-order valence-corrected chi connectivity index (χ0v) is 9.30. The molecule has 86 valence electrons. The summed E-state index contributed by atoms with van der Waals surface area (Å²) >= 11 is 0. The molecular formula is C10H14N4O2. The van der Waals surface area contributed by atoms with Crippen molar-refractivity contribution in [1.82, 2.24) is 15.3 Å². The molecule has 1 amide bonds. The summed E-state index contributed by atoms with van der Waals surface area (Å²) in [6.07, 6.45) is 3.97. The third-order valence-corrected chi connectivity index (χ3v) is 2.09. The monoisotopic (exact) mass is 222 g/mol. The molecular weight excluding hydrogens is 208 g/mol. The van der Waals surface area contributed by atoms with Gasteiger partial charge in [0.2, 0.25) is 11.9 Å². The van der Waals surface area contributed by atoms with Gasteiger partial charge in [0.05, 0.1) is 5.56 Å². The van der Waals surface area contributed by atoms with Crippen LogP contribution in [0, 0.1) is 0 Å². The summed E-state index contributed by atoms with van der Waals surface area (Å²) in [5.74, 6) is 0.464. The minimum atomic E-state index is -0.0311. The molecule has 0 aromatic carbocycles. The maximum atomic E-state index is 11.0. The Kier molecular flexibility index (Phi) is 4.38. The molecule has 0 aliphatic carbocycles. The number of rotatable bonds is 5. The van der Waals surface area contributed by atoms with Crippen molar-refractivity contribution in [2.24, 2.45) is 0 Å². The van der Waals surface area contributed by atoms with Gasteiger partial charge in [-0.2, -0.15) is 0 Å². The van der Waals surface area contributed by atoms with Crippen molar-refractivity contribution in [3.8, 4) is 0 Å². The molecule has 0 fully saturated rings. The van der Waals surface area contributed by atoms with Gasteiger partial charge in [-0.05, 0) is 0 Å². The predicted molar refractivity (Wildman–Crippen MR) is 59.4 cm³/mol. The van der Waals surface area contributed by atoms with E-state index in [1.807, 2.05) is 0 Å². The third kappa shape index (κ3) is 3.30. The number of nitrogens with zero attached hydrogens (tertiary/aromatic N) is 3. The maximum Gasteiger partial charge on any atom is 0.225 e. The molecule has 0 radical (unpaired) electrons. The van der Waals surface area contributed by atoms with E-state index >= 15 is 0 Å². The van der Waals surface area contributed by atoms with Crippen LogP contribution in [0.4, 0.5) is 5.95 Å². The van der Waals surface area contributed by atoms with Gasteiger partial charge in [-0.1, -0.05) is 0 Å². The molecule has 6 nitrogen and oxygen atoms in total. The van der Waals surface area contributed by atoms with E-state index in [1.165, 1.54) is 12.4 Å². The van der Waals surface area contributed by atoms with Gasteiger partial charge in [-0.15, -0.1) is 0 Å². The van der Waals surface area contributed by atoms with E-state index in [9.17, 15) is 9.59 Å². The first-order chi connectivity index (χ1) is 7.67. The van der Waals surface area contributed by atoms with Gasteiger partial charge in [0.1, 0.15) is 0 Å². The Balaban J connectivity index is 2.55. The average molecular weight is 222 g/mol. The fraction of sp³-hybridized carbons (Fsp3) is 0.400. The van der Waals surface area contributed by atoms with Crippen LogP contribution in [0.15, 0.2) is 12.4 Å². The lowest BCUT2D eigenvalue weighted by molar-refractivity contribution is -0.120. The first kappa shape index (κ1) is 12.1. The molecule has 16 heavy (non-hydrogen) atoms. The standard InChI is InChI=1S/C10H14N4O2/c1-11-9(16)3-4-14(2)10-12-5-8(7-15)6-13-10/h5-7H,3-4H2,1-2H3,(H,11,16). The number of hydrogen-bond donors (Lipinski definition) is 1. The summed E-state index contributed by atoms with van der Waals surface area (Å²) < 4.78 is 0. The maximum absolute atomic E-state index is 11.0. The minimum Gasteiger partial charge on any atom is -0.359 e. The number of hydrogen-bond acceptors (Lipinski definition) is 5. The van der Waals surface area contributed by atoms with Gasteiger partial charge in [0, 0.05) is 39.5 Å². The Hall–Kier alpha value is -1.98. The number of nitrogens with one attached hydrogen (secondary N) is 1. The topological polar surface area (TPSA) is 75.2 Å². The third-order valence-electron chi connectivity index (χ3n) is 2.09. The zero-order valence-electron chi connectivity index (χ0n) is 9.30. The van der Waals surface area contributed by atoms with Crippen LogP contribution in [0.25, 0.3) is 0 Å². The van der Waals surface area contributed by atoms with E-state index in [0.29, 0.717) is 30.8 Å². The van der Waals surface area contributed by atoms with E-state index in [0.717, 1.165) is 0 Å². The molecule has 1 N–H and O–H groups in total. The van der Waals surface area contributed by atoms with Gasteiger partial charge in [-0.25, -0.2) is 9.97 Å². The predicted octanol–water partition coefficient (Wildman–Crippen LogP) is -0.139. The van der Waals surface area contributed by atoms with Crippen molar-refractivity contribution in [3.63, 3.8) is 0 Å². The fourth-order valence-electron chi connectivity index (χ4n) is 1.08. The highest BCUT2D eigenvalue weighted by Gasteiger charge is 2.06. The fourth-order valence-corrected chi connectivity index (χ4v) is 1.08. The summed E-state index contributed by atoms with van der Waals surface area (Å²) in [7, 11) is 3.39. The molecule has 0 atom stereocenters. The van der Waals surface area contributed by atoms with Crippen LogP contribution in [-0.4, -0.2) is 42.8 Å². The lowest BCUT2D eigenvalue weighted by atomic mass is 10.3. The Morgan fingerprint density at radius 2 is 2.12 bits per heavy atom. The van der Waals surface area contributed by atoms with Gasteiger partial charge in [0.15, 0.2) is 6.29 Å². The lowest BCUT2D eigenvalue weighted by Crippen LogP contribution is -2.27. The molecule has 0 spiro atoms. The zero-order chi connectivity index (χ0) is 12.0. The van der Waals surface area contributed by atoms with Crippen molar-refractivity contribution in [2.75, 3.05) is 25.5 Å². The molecule has 0 unspecified atom stereocenters. The molecule has 0 bridgehead atoms. The number of carbonyl (C=O) groups is 2. The molecule has 6 heteroatoms. The first-order valence-electron chi connectivity index (χ1n) is 4.86. The van der Waals surface area contributed by atoms with E-state index in [1.54, 1.807) is 19.0 Å². The number of anilines is 1. The summed E-state index contributed by atoms with van der Waals surface area (Å²) in [4.78, 5) is 31.2. The summed E-state index contributed by atoms with van der Waals surface area (Å²) in [5, 5.41) is 2.54. The second kappa shape index (κ2) is 5.79. The normalized spacial score (nSPS) is 9.62. The van der Waals surface area contributed by atoms with Crippen LogP contribution in [0.1, 0.15) is 16.8 Å². The molecule has 0 aliphatic rings. The van der Waals surface area contributed by atoms with Crippen LogP contribution < -0.4 is 10.2 Å². The molecule has 1 rings (SSSR count).